The van der Waals surface area contributed by atoms with Gasteiger partial charge in [0.25, 0.3) is 0 Å². The largest absolute Gasteiger partial charge is 0.482 e. The van der Waals surface area contributed by atoms with Crippen LogP contribution in [0.25, 0.3) is 0 Å². The topological polar surface area (TPSA) is 87.2 Å². The van der Waals surface area contributed by atoms with Crippen LogP contribution in [0.5, 0.6) is 5.75 Å². The molecule has 2 rings (SSSR count). The maximum Gasteiger partial charge on any atom is 0.341 e. The molecule has 7 nitrogen and oxygen atoms in total. The normalized spacial score (nSPS) is 17.5. The molecule has 0 aromatic heterocycles. The van der Waals surface area contributed by atoms with E-state index in [1.54, 1.807) is 43.3 Å². The molecule has 1 aliphatic rings. The molecule has 1 heterocycles. The zero-order valence-corrected chi connectivity index (χ0v) is 12.5. The van der Waals surface area contributed by atoms with Crippen LogP contribution in [0.3, 0.4) is 0 Å². The van der Waals surface area contributed by atoms with Gasteiger partial charge in [0, 0.05) is 32.7 Å². The van der Waals surface area contributed by atoms with Crippen molar-refractivity contribution in [3.63, 3.8) is 0 Å². The van der Waals surface area contributed by atoms with E-state index in [1.165, 1.54) is 4.90 Å². The van der Waals surface area contributed by atoms with Crippen molar-refractivity contribution in [1.82, 2.24) is 4.90 Å². The zero-order valence-electron chi connectivity index (χ0n) is 12.5. The lowest BCUT2D eigenvalue weighted by atomic mass is 10.1. The average molecular weight is 306 g/mol. The summed E-state index contributed by atoms with van der Waals surface area (Å²) in [5, 5.41) is 8.55. The fourth-order valence-electron chi connectivity index (χ4n) is 2.34. The molecule has 1 unspecified atom stereocenters. The second-order valence-electron chi connectivity index (χ2n) is 5.25. The summed E-state index contributed by atoms with van der Waals surface area (Å²) in [5.74, 6) is -1.10. The van der Waals surface area contributed by atoms with Crippen LogP contribution in [-0.4, -0.2) is 55.0 Å². The number of carbonyl (C=O) groups is 3. The van der Waals surface area contributed by atoms with Gasteiger partial charge in [-0.3, -0.25) is 9.59 Å². The van der Waals surface area contributed by atoms with Crippen LogP contribution in [0.15, 0.2) is 24.3 Å². The summed E-state index contributed by atoms with van der Waals surface area (Å²) in [5.41, 5.74) is 0.662. The minimum atomic E-state index is -1.05. The molecule has 118 valence electrons. The van der Waals surface area contributed by atoms with Gasteiger partial charge >= 0.3 is 5.97 Å². The third-order valence-electron chi connectivity index (χ3n) is 3.61. The van der Waals surface area contributed by atoms with Crippen molar-refractivity contribution in [3.05, 3.63) is 24.3 Å². The summed E-state index contributed by atoms with van der Waals surface area (Å²) in [6.07, 6.45) is 0.236. The highest BCUT2D eigenvalue weighted by Gasteiger charge is 2.34. The lowest BCUT2D eigenvalue weighted by molar-refractivity contribution is -0.139. The minimum absolute atomic E-state index is 0.0239. The Morgan fingerprint density at radius 1 is 1.36 bits per heavy atom. The smallest absolute Gasteiger partial charge is 0.341 e. The van der Waals surface area contributed by atoms with Crippen molar-refractivity contribution >= 4 is 23.5 Å². The first-order valence-corrected chi connectivity index (χ1v) is 6.84. The molecule has 1 aromatic carbocycles. The highest BCUT2D eigenvalue weighted by molar-refractivity contribution is 5.98. The Morgan fingerprint density at radius 3 is 2.50 bits per heavy atom. The Hall–Kier alpha value is -2.57. The molecule has 1 saturated heterocycles. The Bertz CT molecular complexity index is 584. The van der Waals surface area contributed by atoms with Gasteiger partial charge in [-0.05, 0) is 24.3 Å². The number of benzene rings is 1. The fourth-order valence-corrected chi connectivity index (χ4v) is 2.34. The van der Waals surface area contributed by atoms with Crippen LogP contribution in [0.2, 0.25) is 0 Å². The van der Waals surface area contributed by atoms with Crippen LogP contribution in [0.4, 0.5) is 5.69 Å². The first-order chi connectivity index (χ1) is 10.4. The number of rotatable bonds is 5. The third-order valence-corrected chi connectivity index (χ3v) is 3.61. The van der Waals surface area contributed by atoms with Crippen LogP contribution in [0.1, 0.15) is 6.42 Å². The molecule has 0 aliphatic carbocycles. The number of amides is 2. The van der Waals surface area contributed by atoms with E-state index in [4.69, 9.17) is 9.84 Å². The number of nitrogens with zero attached hydrogens (tertiary/aromatic N) is 2. The number of ether oxygens (including phenoxy) is 1. The SMILES string of the molecule is CN1CC(C(=O)N(C)c2ccc(OCC(=O)O)cc2)CC1=O. The van der Waals surface area contributed by atoms with E-state index in [-0.39, 0.29) is 24.2 Å². The number of aliphatic carboxylic acids is 1. The van der Waals surface area contributed by atoms with Gasteiger partial charge < -0.3 is 19.6 Å². The van der Waals surface area contributed by atoms with Crippen LogP contribution in [0, 0.1) is 5.92 Å². The Labute approximate surface area is 128 Å². The molecule has 7 heteroatoms. The number of carboxylic acid groups (broad SMARTS) is 1. The van der Waals surface area contributed by atoms with E-state index >= 15 is 0 Å². The summed E-state index contributed by atoms with van der Waals surface area (Å²) >= 11 is 0. The molecule has 1 N–H and O–H groups in total. The molecule has 22 heavy (non-hydrogen) atoms. The van der Waals surface area contributed by atoms with E-state index < -0.39 is 12.6 Å². The number of anilines is 1. The standard InChI is InChI=1S/C15H18N2O5/c1-16-8-10(7-13(16)18)15(21)17(2)11-3-5-12(6-4-11)22-9-14(19)20/h3-6,10H,7-9H2,1-2H3,(H,19,20). The summed E-state index contributed by atoms with van der Waals surface area (Å²) in [7, 11) is 3.34. The lowest BCUT2D eigenvalue weighted by Gasteiger charge is -2.21. The number of hydrogen-bond donors (Lipinski definition) is 1. The molecule has 1 aliphatic heterocycles. The van der Waals surface area contributed by atoms with Crippen LogP contribution < -0.4 is 9.64 Å². The minimum Gasteiger partial charge on any atom is -0.482 e. The first kappa shape index (κ1) is 15.8. The average Bonchev–Trinajstić information content (AvgIpc) is 2.83. The number of likely N-dealkylation sites (tertiary alicyclic amines) is 1. The third kappa shape index (κ3) is 3.55. The van der Waals surface area contributed by atoms with Crippen LogP contribution in [-0.2, 0) is 14.4 Å². The van der Waals surface area contributed by atoms with Gasteiger partial charge in [0.2, 0.25) is 11.8 Å². The molecule has 0 bridgehead atoms. The quantitative estimate of drug-likeness (QED) is 0.860. The van der Waals surface area contributed by atoms with E-state index in [0.717, 1.165) is 0 Å². The highest BCUT2D eigenvalue weighted by atomic mass is 16.5. The van der Waals surface area contributed by atoms with Gasteiger partial charge in [0.1, 0.15) is 5.75 Å². The summed E-state index contributed by atoms with van der Waals surface area (Å²) in [6, 6.07) is 6.56. The summed E-state index contributed by atoms with van der Waals surface area (Å²) in [6.45, 7) is 0.0203. The molecule has 0 spiro atoms. The number of carbonyl (C=O) groups excluding carboxylic acids is 2. The molecule has 1 fully saturated rings. The van der Waals surface area contributed by atoms with Gasteiger partial charge in [-0.15, -0.1) is 0 Å². The molecular weight excluding hydrogens is 288 g/mol. The van der Waals surface area contributed by atoms with Crippen molar-refractivity contribution in [2.24, 2.45) is 5.92 Å². The van der Waals surface area contributed by atoms with Gasteiger partial charge in [-0.1, -0.05) is 0 Å². The predicted molar refractivity (Wildman–Crippen MR) is 78.7 cm³/mol. The second-order valence-corrected chi connectivity index (χ2v) is 5.25. The fraction of sp³-hybridized carbons (Fsp3) is 0.400. The Kier molecular flexibility index (Phi) is 4.65. The molecule has 0 saturated carbocycles. The van der Waals surface area contributed by atoms with Crippen molar-refractivity contribution in [1.29, 1.82) is 0 Å². The molecule has 1 atom stereocenters. The van der Waals surface area contributed by atoms with E-state index in [0.29, 0.717) is 18.0 Å². The van der Waals surface area contributed by atoms with Crippen LogP contribution >= 0.6 is 0 Å². The maximum absolute atomic E-state index is 12.4. The van der Waals surface area contributed by atoms with Crippen molar-refractivity contribution in [2.75, 3.05) is 32.1 Å². The van der Waals surface area contributed by atoms with E-state index in [2.05, 4.69) is 0 Å². The molecule has 1 aromatic rings. The van der Waals surface area contributed by atoms with Gasteiger partial charge in [-0.2, -0.15) is 0 Å². The Morgan fingerprint density at radius 2 is 2.00 bits per heavy atom. The lowest BCUT2D eigenvalue weighted by Crippen LogP contribution is -2.34. The van der Waals surface area contributed by atoms with Gasteiger partial charge in [-0.25, -0.2) is 4.79 Å². The van der Waals surface area contributed by atoms with E-state index in [1.807, 2.05) is 0 Å². The van der Waals surface area contributed by atoms with E-state index in [9.17, 15) is 14.4 Å². The number of hydrogen-bond acceptors (Lipinski definition) is 4. The van der Waals surface area contributed by atoms with Crippen molar-refractivity contribution in [3.8, 4) is 5.75 Å². The highest BCUT2D eigenvalue weighted by Crippen LogP contribution is 2.23. The summed E-state index contributed by atoms with van der Waals surface area (Å²) in [4.78, 5) is 37.4. The zero-order chi connectivity index (χ0) is 16.3. The van der Waals surface area contributed by atoms with Crippen molar-refractivity contribution in [2.45, 2.75) is 6.42 Å². The first-order valence-electron chi connectivity index (χ1n) is 6.84. The van der Waals surface area contributed by atoms with Crippen molar-refractivity contribution < 1.29 is 24.2 Å². The molecular formula is C15H18N2O5. The molecule has 2 amide bonds. The summed E-state index contributed by atoms with van der Waals surface area (Å²) < 4.78 is 5.04. The molecule has 0 radical (unpaired) electrons. The maximum atomic E-state index is 12.4. The Balaban J connectivity index is 2.00. The van der Waals surface area contributed by atoms with Gasteiger partial charge in [0.05, 0.1) is 5.92 Å². The second kappa shape index (κ2) is 6.46. The number of carboxylic acids is 1. The van der Waals surface area contributed by atoms with Gasteiger partial charge in [0.15, 0.2) is 6.61 Å². The predicted octanol–water partition coefficient (Wildman–Crippen LogP) is 0.591. The monoisotopic (exact) mass is 306 g/mol.